The summed E-state index contributed by atoms with van der Waals surface area (Å²) in [6.45, 7) is 4.01. The number of nitrogens with zero attached hydrogens (tertiary/aromatic N) is 4. The van der Waals surface area contributed by atoms with Gasteiger partial charge in [0, 0.05) is 4.47 Å². The minimum absolute atomic E-state index is 0.0628. The molecule has 1 amide bonds. The van der Waals surface area contributed by atoms with Crippen LogP contribution >= 0.6 is 27.7 Å². The van der Waals surface area contributed by atoms with Crippen molar-refractivity contribution in [2.75, 3.05) is 11.1 Å². The summed E-state index contributed by atoms with van der Waals surface area (Å²) in [6, 6.07) is 20.0. The average molecular weight is 534 g/mol. The van der Waals surface area contributed by atoms with Gasteiger partial charge in [0.05, 0.1) is 28.3 Å². The number of nitriles is 1. The second-order valence-electron chi connectivity index (χ2n) is 7.59. The molecule has 2 N–H and O–H groups in total. The predicted octanol–water partition coefficient (Wildman–Crippen LogP) is 5.62. The summed E-state index contributed by atoms with van der Waals surface area (Å²) in [5.74, 6) is 0.329. The molecule has 170 valence electrons. The molecule has 0 fully saturated rings. The first kappa shape index (κ1) is 23.5. The number of aryl methyl sites for hydroxylation is 2. The molecule has 3 aromatic carbocycles. The zero-order valence-electron chi connectivity index (χ0n) is 18.4. The number of nitrogens with one attached hydrogen (secondary N) is 1. The highest BCUT2D eigenvalue weighted by atomic mass is 79.9. The van der Waals surface area contributed by atoms with Crippen LogP contribution < -0.4 is 5.32 Å². The van der Waals surface area contributed by atoms with Gasteiger partial charge < -0.3 is 10.4 Å². The number of halogens is 1. The lowest BCUT2D eigenvalue weighted by Crippen LogP contribution is -2.15. The smallest absolute Gasteiger partial charge is 0.234 e. The highest BCUT2D eigenvalue weighted by molar-refractivity contribution is 9.10. The van der Waals surface area contributed by atoms with Gasteiger partial charge in [-0.2, -0.15) is 5.26 Å². The first-order valence-electron chi connectivity index (χ1n) is 10.3. The van der Waals surface area contributed by atoms with Crippen LogP contribution in [0.4, 0.5) is 5.69 Å². The van der Waals surface area contributed by atoms with Gasteiger partial charge in [-0.25, -0.2) is 0 Å². The van der Waals surface area contributed by atoms with E-state index in [0.717, 1.165) is 21.3 Å². The first-order chi connectivity index (χ1) is 16.4. The molecule has 1 heterocycles. The van der Waals surface area contributed by atoms with E-state index < -0.39 is 0 Å². The van der Waals surface area contributed by atoms with Crippen molar-refractivity contribution in [3.8, 4) is 28.9 Å². The van der Waals surface area contributed by atoms with Gasteiger partial charge in [-0.3, -0.25) is 9.36 Å². The van der Waals surface area contributed by atoms with Crippen molar-refractivity contribution in [2.24, 2.45) is 0 Å². The average Bonchev–Trinajstić information content (AvgIpc) is 3.23. The molecule has 0 bridgehead atoms. The SMILES string of the molecule is Cc1ccc(-n2c(SCC(=O)Nc3ccccc3C#N)nnc2-c2cc(Br)ccc2O)c(C)c1. The third kappa shape index (κ3) is 4.98. The number of benzene rings is 3. The number of carbonyl (C=O) groups excluding carboxylic acids is 1. The first-order valence-corrected chi connectivity index (χ1v) is 12.1. The molecule has 0 aliphatic carbocycles. The maximum absolute atomic E-state index is 12.6. The molecular formula is C25H20BrN5O2S. The van der Waals surface area contributed by atoms with Crippen LogP contribution in [0.5, 0.6) is 5.75 Å². The number of aromatic hydroxyl groups is 1. The number of thioether (sulfide) groups is 1. The van der Waals surface area contributed by atoms with Crippen LogP contribution in [-0.4, -0.2) is 31.5 Å². The summed E-state index contributed by atoms with van der Waals surface area (Å²) in [6.07, 6.45) is 0. The topological polar surface area (TPSA) is 104 Å². The second-order valence-corrected chi connectivity index (χ2v) is 9.45. The van der Waals surface area contributed by atoms with Gasteiger partial charge >= 0.3 is 0 Å². The number of aromatic nitrogens is 3. The van der Waals surface area contributed by atoms with E-state index in [-0.39, 0.29) is 17.4 Å². The number of hydrogen-bond acceptors (Lipinski definition) is 6. The Bertz CT molecular complexity index is 1430. The molecule has 0 aliphatic rings. The molecular weight excluding hydrogens is 514 g/mol. The van der Waals surface area contributed by atoms with Crippen LogP contribution in [0.3, 0.4) is 0 Å². The summed E-state index contributed by atoms with van der Waals surface area (Å²) in [4.78, 5) is 12.6. The number of rotatable bonds is 6. The molecule has 4 aromatic rings. The molecule has 0 radical (unpaired) electrons. The Hall–Kier alpha value is -3.61. The van der Waals surface area contributed by atoms with E-state index in [2.05, 4.69) is 43.6 Å². The molecule has 0 spiro atoms. The number of anilines is 1. The Balaban J connectivity index is 1.69. The molecule has 1 aromatic heterocycles. The predicted molar refractivity (Wildman–Crippen MR) is 136 cm³/mol. The summed E-state index contributed by atoms with van der Waals surface area (Å²) in [5.41, 5.74) is 4.34. The van der Waals surface area contributed by atoms with Crippen molar-refractivity contribution in [2.45, 2.75) is 19.0 Å². The third-order valence-electron chi connectivity index (χ3n) is 5.08. The van der Waals surface area contributed by atoms with Gasteiger partial charge in [-0.1, -0.05) is 57.5 Å². The van der Waals surface area contributed by atoms with Gasteiger partial charge in [0.1, 0.15) is 11.8 Å². The Morgan fingerprint density at radius 3 is 2.71 bits per heavy atom. The van der Waals surface area contributed by atoms with Crippen molar-refractivity contribution in [1.82, 2.24) is 14.8 Å². The zero-order valence-corrected chi connectivity index (χ0v) is 20.8. The molecule has 0 unspecified atom stereocenters. The Kier molecular flexibility index (Phi) is 7.01. The van der Waals surface area contributed by atoms with E-state index >= 15 is 0 Å². The second kappa shape index (κ2) is 10.1. The van der Waals surface area contributed by atoms with E-state index in [0.29, 0.717) is 27.8 Å². The number of hydrogen-bond donors (Lipinski definition) is 2. The summed E-state index contributed by atoms with van der Waals surface area (Å²) in [5, 5.41) is 31.7. The van der Waals surface area contributed by atoms with Crippen LogP contribution in [-0.2, 0) is 4.79 Å². The Labute approximate surface area is 209 Å². The fraction of sp³-hybridized carbons (Fsp3) is 0.120. The minimum Gasteiger partial charge on any atom is -0.507 e. The largest absolute Gasteiger partial charge is 0.507 e. The fourth-order valence-electron chi connectivity index (χ4n) is 3.50. The molecule has 9 heteroatoms. The van der Waals surface area contributed by atoms with Crippen LogP contribution in [0, 0.1) is 25.2 Å². The molecule has 0 saturated carbocycles. The molecule has 0 aliphatic heterocycles. The molecule has 0 saturated heterocycles. The third-order valence-corrected chi connectivity index (χ3v) is 6.50. The standard InChI is InChI=1S/C25H20BrN5O2S/c1-15-7-9-21(16(2)11-15)31-24(19-12-18(26)8-10-22(19)32)29-30-25(31)34-14-23(33)28-20-6-4-3-5-17(20)13-27/h3-12,32H,14H2,1-2H3,(H,28,33). The van der Waals surface area contributed by atoms with Crippen molar-refractivity contribution < 1.29 is 9.90 Å². The highest BCUT2D eigenvalue weighted by Gasteiger charge is 2.21. The maximum atomic E-state index is 12.6. The van der Waals surface area contributed by atoms with E-state index in [1.165, 1.54) is 11.8 Å². The van der Waals surface area contributed by atoms with Gasteiger partial charge in [-0.05, 0) is 55.8 Å². The van der Waals surface area contributed by atoms with Crippen LogP contribution in [0.25, 0.3) is 17.1 Å². The van der Waals surface area contributed by atoms with Gasteiger partial charge in [0.25, 0.3) is 0 Å². The Morgan fingerprint density at radius 1 is 1.15 bits per heavy atom. The Morgan fingerprint density at radius 2 is 1.94 bits per heavy atom. The van der Waals surface area contributed by atoms with E-state index in [1.807, 2.05) is 30.5 Å². The summed E-state index contributed by atoms with van der Waals surface area (Å²) in [7, 11) is 0. The van der Waals surface area contributed by atoms with Gasteiger partial charge in [-0.15, -0.1) is 10.2 Å². The van der Waals surface area contributed by atoms with Crippen LogP contribution in [0.2, 0.25) is 0 Å². The molecule has 0 atom stereocenters. The normalized spacial score (nSPS) is 10.6. The number of phenolic OH excluding ortho intramolecular Hbond substituents is 1. The van der Waals surface area contributed by atoms with Crippen molar-refractivity contribution in [1.29, 1.82) is 5.26 Å². The lowest BCUT2D eigenvalue weighted by molar-refractivity contribution is -0.113. The van der Waals surface area contributed by atoms with E-state index in [9.17, 15) is 15.2 Å². The van der Waals surface area contributed by atoms with Crippen LogP contribution in [0.1, 0.15) is 16.7 Å². The zero-order chi connectivity index (χ0) is 24.2. The summed E-state index contributed by atoms with van der Waals surface area (Å²) >= 11 is 4.67. The van der Waals surface area contributed by atoms with Crippen molar-refractivity contribution in [3.05, 3.63) is 81.8 Å². The molecule has 34 heavy (non-hydrogen) atoms. The minimum atomic E-state index is -0.269. The highest BCUT2D eigenvalue weighted by Crippen LogP contribution is 2.35. The van der Waals surface area contributed by atoms with Crippen molar-refractivity contribution >= 4 is 39.3 Å². The lowest BCUT2D eigenvalue weighted by Gasteiger charge is -2.14. The fourth-order valence-corrected chi connectivity index (χ4v) is 4.61. The summed E-state index contributed by atoms with van der Waals surface area (Å²) < 4.78 is 2.64. The number of phenols is 1. The van der Waals surface area contributed by atoms with Crippen molar-refractivity contribution in [3.63, 3.8) is 0 Å². The maximum Gasteiger partial charge on any atom is 0.234 e. The van der Waals surface area contributed by atoms with E-state index in [4.69, 9.17) is 0 Å². The van der Waals surface area contributed by atoms with Gasteiger partial charge in [0.15, 0.2) is 11.0 Å². The van der Waals surface area contributed by atoms with Gasteiger partial charge in [0.2, 0.25) is 5.91 Å². The lowest BCUT2D eigenvalue weighted by atomic mass is 10.1. The van der Waals surface area contributed by atoms with E-state index in [1.54, 1.807) is 42.5 Å². The number of amides is 1. The molecule has 7 nitrogen and oxygen atoms in total. The van der Waals surface area contributed by atoms with Crippen LogP contribution in [0.15, 0.2) is 70.3 Å². The quantitative estimate of drug-likeness (QED) is 0.311. The molecule has 4 rings (SSSR count). The monoisotopic (exact) mass is 533 g/mol. The number of para-hydroxylation sites is 1. The number of carbonyl (C=O) groups is 1.